The number of hydrogen-bond donors (Lipinski definition) is 1. The Morgan fingerprint density at radius 1 is 1.40 bits per heavy atom. The van der Waals surface area contributed by atoms with Gasteiger partial charge in [0, 0.05) is 38.0 Å². The van der Waals surface area contributed by atoms with Gasteiger partial charge in [0.1, 0.15) is 6.26 Å². The van der Waals surface area contributed by atoms with Crippen LogP contribution in [-0.2, 0) is 22.6 Å². The zero-order chi connectivity index (χ0) is 21.5. The summed E-state index contributed by atoms with van der Waals surface area (Å²) in [6.45, 7) is 8.82. The molecule has 8 heteroatoms. The smallest absolute Gasteiger partial charge is 0.273 e. The summed E-state index contributed by atoms with van der Waals surface area (Å²) in [5, 5.41) is 2.84. The zero-order valence-electron chi connectivity index (χ0n) is 18.1. The molecule has 2 amide bonds. The lowest BCUT2D eigenvalue weighted by Crippen LogP contribution is -2.37. The first-order valence-corrected chi connectivity index (χ1v) is 10.7. The van der Waals surface area contributed by atoms with Crippen LogP contribution in [0.3, 0.4) is 0 Å². The largest absolute Gasteiger partial charge is 0.446 e. The van der Waals surface area contributed by atoms with E-state index in [1.54, 1.807) is 0 Å². The van der Waals surface area contributed by atoms with Crippen LogP contribution >= 0.6 is 0 Å². The number of aromatic nitrogens is 2. The molecule has 0 radical (unpaired) electrons. The molecule has 0 aromatic carbocycles. The molecule has 3 heterocycles. The molecule has 3 rings (SSSR count). The number of nitrogens with one attached hydrogen (secondary N) is 1. The molecule has 2 aromatic rings. The van der Waals surface area contributed by atoms with Gasteiger partial charge in [-0.2, -0.15) is 0 Å². The van der Waals surface area contributed by atoms with Crippen molar-refractivity contribution in [1.82, 2.24) is 19.8 Å². The zero-order valence-corrected chi connectivity index (χ0v) is 18.1. The van der Waals surface area contributed by atoms with E-state index in [1.165, 1.54) is 6.26 Å². The van der Waals surface area contributed by atoms with E-state index < -0.39 is 0 Å². The summed E-state index contributed by atoms with van der Waals surface area (Å²) in [5.74, 6) is 0.696. The molecule has 30 heavy (non-hydrogen) atoms. The molecule has 8 nitrogen and oxygen atoms in total. The Hall–Kier alpha value is -2.61. The second-order valence-electron chi connectivity index (χ2n) is 8.12. The first-order valence-electron chi connectivity index (χ1n) is 10.7. The van der Waals surface area contributed by atoms with Gasteiger partial charge in [-0.3, -0.25) is 9.59 Å². The van der Waals surface area contributed by atoms with Gasteiger partial charge < -0.3 is 23.9 Å². The van der Waals surface area contributed by atoms with E-state index in [0.29, 0.717) is 44.4 Å². The van der Waals surface area contributed by atoms with E-state index in [4.69, 9.17) is 9.15 Å². The first-order chi connectivity index (χ1) is 14.5. The average molecular weight is 417 g/mol. The summed E-state index contributed by atoms with van der Waals surface area (Å²) >= 11 is 0. The fourth-order valence-corrected chi connectivity index (χ4v) is 3.48. The van der Waals surface area contributed by atoms with Crippen LogP contribution in [0, 0.1) is 5.92 Å². The van der Waals surface area contributed by atoms with Crippen molar-refractivity contribution in [2.45, 2.75) is 59.2 Å². The van der Waals surface area contributed by atoms with Gasteiger partial charge in [-0.25, -0.2) is 4.98 Å². The number of oxazole rings is 1. The third kappa shape index (κ3) is 5.95. The van der Waals surface area contributed by atoms with Gasteiger partial charge in [0.05, 0.1) is 19.2 Å². The van der Waals surface area contributed by atoms with Crippen molar-refractivity contribution in [3.8, 4) is 0 Å². The molecule has 1 aliphatic rings. The molecular weight excluding hydrogens is 384 g/mol. The third-order valence-corrected chi connectivity index (χ3v) is 5.14. The highest BCUT2D eigenvalue weighted by molar-refractivity contribution is 5.91. The Morgan fingerprint density at radius 2 is 2.23 bits per heavy atom. The van der Waals surface area contributed by atoms with Gasteiger partial charge in [0.2, 0.25) is 11.8 Å². The van der Waals surface area contributed by atoms with Crippen molar-refractivity contribution in [2.24, 2.45) is 5.92 Å². The lowest BCUT2D eigenvalue weighted by Gasteiger charge is -2.25. The number of ether oxygens (including phenoxy) is 1. The molecule has 0 spiro atoms. The van der Waals surface area contributed by atoms with Crippen LogP contribution in [0.25, 0.3) is 0 Å². The van der Waals surface area contributed by atoms with Gasteiger partial charge in [-0.15, -0.1) is 0 Å². The first kappa shape index (κ1) is 22.1. The molecule has 1 fully saturated rings. The van der Waals surface area contributed by atoms with Crippen LogP contribution in [0.2, 0.25) is 0 Å². The van der Waals surface area contributed by atoms with Crippen LogP contribution in [0.4, 0.5) is 0 Å². The van der Waals surface area contributed by atoms with Crippen LogP contribution < -0.4 is 5.32 Å². The molecule has 164 valence electrons. The van der Waals surface area contributed by atoms with E-state index in [-0.39, 0.29) is 23.6 Å². The normalized spacial score (nSPS) is 16.2. The van der Waals surface area contributed by atoms with E-state index in [2.05, 4.69) is 10.3 Å². The quantitative estimate of drug-likeness (QED) is 0.643. The van der Waals surface area contributed by atoms with Gasteiger partial charge >= 0.3 is 0 Å². The Morgan fingerprint density at radius 3 is 2.93 bits per heavy atom. The summed E-state index contributed by atoms with van der Waals surface area (Å²) in [6.07, 6.45) is 5.93. The highest BCUT2D eigenvalue weighted by Crippen LogP contribution is 2.17. The topological polar surface area (TPSA) is 89.6 Å². The summed E-state index contributed by atoms with van der Waals surface area (Å²) in [7, 11) is 0. The molecule has 2 aromatic heterocycles. The summed E-state index contributed by atoms with van der Waals surface area (Å²) in [5.41, 5.74) is 1.26. The Kier molecular flexibility index (Phi) is 7.68. The second-order valence-corrected chi connectivity index (χ2v) is 8.12. The fourth-order valence-electron chi connectivity index (χ4n) is 3.48. The molecule has 0 aliphatic carbocycles. The SMILES string of the molecule is CCC(=O)N(Cc1cccn1Cc1nc(C(=O)NCC(C)C)co1)CC1CCCO1. The minimum Gasteiger partial charge on any atom is -0.446 e. The number of amides is 2. The van der Waals surface area contributed by atoms with E-state index in [1.807, 2.05) is 48.6 Å². The number of nitrogens with zero attached hydrogens (tertiary/aromatic N) is 3. The molecule has 0 saturated carbocycles. The number of rotatable bonds is 10. The van der Waals surface area contributed by atoms with Crippen molar-refractivity contribution < 1.29 is 18.7 Å². The van der Waals surface area contributed by atoms with Crippen molar-refractivity contribution in [3.63, 3.8) is 0 Å². The van der Waals surface area contributed by atoms with Gasteiger partial charge in [-0.1, -0.05) is 20.8 Å². The van der Waals surface area contributed by atoms with Crippen molar-refractivity contribution in [2.75, 3.05) is 19.7 Å². The summed E-state index contributed by atoms with van der Waals surface area (Å²) in [6, 6.07) is 3.93. The molecule has 1 saturated heterocycles. The lowest BCUT2D eigenvalue weighted by molar-refractivity contribution is -0.133. The van der Waals surface area contributed by atoms with Crippen molar-refractivity contribution in [3.05, 3.63) is 41.9 Å². The molecule has 1 aliphatic heterocycles. The van der Waals surface area contributed by atoms with Gasteiger partial charge in [0.15, 0.2) is 5.69 Å². The van der Waals surface area contributed by atoms with Crippen LogP contribution in [0.15, 0.2) is 29.0 Å². The van der Waals surface area contributed by atoms with Gasteiger partial charge in [0.25, 0.3) is 5.91 Å². The Labute approximate surface area is 177 Å². The van der Waals surface area contributed by atoms with E-state index in [0.717, 1.165) is 25.1 Å². The second kappa shape index (κ2) is 10.4. The number of carbonyl (C=O) groups is 2. The van der Waals surface area contributed by atoms with Crippen molar-refractivity contribution >= 4 is 11.8 Å². The lowest BCUT2D eigenvalue weighted by atomic mass is 10.2. The predicted octanol–water partition coefficient (Wildman–Crippen LogP) is 2.83. The molecule has 1 atom stereocenters. The van der Waals surface area contributed by atoms with E-state index in [9.17, 15) is 9.59 Å². The summed E-state index contributed by atoms with van der Waals surface area (Å²) in [4.78, 5) is 30.8. The predicted molar refractivity (Wildman–Crippen MR) is 112 cm³/mol. The van der Waals surface area contributed by atoms with Crippen LogP contribution in [-0.4, -0.2) is 52.1 Å². The molecule has 0 bridgehead atoms. The summed E-state index contributed by atoms with van der Waals surface area (Å²) < 4.78 is 13.2. The average Bonchev–Trinajstić information content (AvgIpc) is 3.48. The third-order valence-electron chi connectivity index (χ3n) is 5.14. The minimum atomic E-state index is -0.234. The maximum atomic E-state index is 12.5. The molecular formula is C22H32N4O4. The highest BCUT2D eigenvalue weighted by atomic mass is 16.5. The standard InChI is InChI=1S/C22H32N4O4/c1-4-21(27)26(13-18-8-6-10-29-18)12-17-7-5-9-25(17)14-20-24-19(15-30-20)22(28)23-11-16(2)3/h5,7,9,15-16,18H,4,6,8,10-14H2,1-3H3,(H,23,28). The molecule has 1 N–H and O–H groups in total. The highest BCUT2D eigenvalue weighted by Gasteiger charge is 2.23. The van der Waals surface area contributed by atoms with Gasteiger partial charge in [-0.05, 0) is 30.9 Å². The Bertz CT molecular complexity index is 836. The van der Waals surface area contributed by atoms with E-state index >= 15 is 0 Å². The minimum absolute atomic E-state index is 0.110. The maximum absolute atomic E-state index is 12.5. The monoisotopic (exact) mass is 416 g/mol. The number of carbonyl (C=O) groups excluding carboxylic acids is 2. The van der Waals surface area contributed by atoms with Crippen LogP contribution in [0.5, 0.6) is 0 Å². The van der Waals surface area contributed by atoms with Crippen molar-refractivity contribution in [1.29, 1.82) is 0 Å². The Balaban J connectivity index is 1.64. The number of hydrogen-bond acceptors (Lipinski definition) is 5. The maximum Gasteiger partial charge on any atom is 0.273 e. The fraction of sp³-hybridized carbons (Fsp3) is 0.591. The van der Waals surface area contributed by atoms with Crippen LogP contribution in [0.1, 0.15) is 62.1 Å². The molecule has 1 unspecified atom stereocenters.